The number of esters is 1. The molecule has 0 aromatic heterocycles. The number of carbonyl (C=O) groups excluding carboxylic acids is 2. The zero-order valence-corrected chi connectivity index (χ0v) is 22.2. The van der Waals surface area contributed by atoms with E-state index in [9.17, 15) is 45.5 Å². The van der Waals surface area contributed by atoms with E-state index in [1.807, 2.05) is 0 Å². The lowest BCUT2D eigenvalue weighted by molar-refractivity contribution is -0.170. The number of benzene rings is 2. The van der Waals surface area contributed by atoms with E-state index < -0.39 is 79.8 Å². The number of sulfonamides is 1. The molecule has 1 aliphatic heterocycles. The van der Waals surface area contributed by atoms with E-state index in [0.717, 1.165) is 22.5 Å². The summed E-state index contributed by atoms with van der Waals surface area (Å²) in [5.41, 5.74) is 4.89. The van der Waals surface area contributed by atoms with Crippen molar-refractivity contribution in [2.45, 2.75) is 43.7 Å². The zero-order chi connectivity index (χ0) is 29.9. The van der Waals surface area contributed by atoms with Gasteiger partial charge in [-0.05, 0) is 37.0 Å². The van der Waals surface area contributed by atoms with Gasteiger partial charge in [-0.2, -0.15) is 4.31 Å². The topological polar surface area (TPSA) is 156 Å². The second kappa shape index (κ2) is 12.3. The first kappa shape index (κ1) is 31.0. The van der Waals surface area contributed by atoms with E-state index in [1.54, 1.807) is 13.8 Å². The van der Waals surface area contributed by atoms with Crippen LogP contribution in [0, 0.1) is 35.1 Å². The molecule has 3 rings (SSSR count). The van der Waals surface area contributed by atoms with Crippen LogP contribution < -0.4 is 11.1 Å². The second-order valence-corrected chi connectivity index (χ2v) is 11.5. The minimum atomic E-state index is -4.52. The Hall–Kier alpha value is -3.56. The van der Waals surface area contributed by atoms with Crippen molar-refractivity contribution < 1.29 is 50.2 Å². The maximum Gasteiger partial charge on any atom is 0.345 e. The summed E-state index contributed by atoms with van der Waals surface area (Å²) >= 11 is 0. The molecule has 1 fully saturated rings. The summed E-state index contributed by atoms with van der Waals surface area (Å²) in [6.45, 7) is 2.83. The number of carboxylic acid groups (broad SMARTS) is 1. The summed E-state index contributed by atoms with van der Waals surface area (Å²) in [4.78, 5) is 35.7. The van der Waals surface area contributed by atoms with E-state index in [1.165, 1.54) is 0 Å². The fourth-order valence-corrected chi connectivity index (χ4v) is 5.62. The number of nitrogens with one attached hydrogen (secondary N) is 1. The Morgan fingerprint density at radius 1 is 1.02 bits per heavy atom. The largest absolute Gasteiger partial charge is 0.478 e. The summed E-state index contributed by atoms with van der Waals surface area (Å²) in [7, 11) is -4.52. The smallest absolute Gasteiger partial charge is 0.345 e. The molecule has 40 heavy (non-hydrogen) atoms. The van der Waals surface area contributed by atoms with Crippen molar-refractivity contribution in [3.8, 4) is 0 Å². The van der Waals surface area contributed by atoms with Crippen molar-refractivity contribution in [3.63, 3.8) is 0 Å². The van der Waals surface area contributed by atoms with Crippen molar-refractivity contribution in [2.75, 3.05) is 18.4 Å². The van der Waals surface area contributed by atoms with Gasteiger partial charge in [0.25, 0.3) is 5.91 Å². The highest BCUT2D eigenvalue weighted by Gasteiger charge is 2.39. The van der Waals surface area contributed by atoms with Crippen LogP contribution in [0.15, 0.2) is 35.2 Å². The van der Waals surface area contributed by atoms with Crippen molar-refractivity contribution in [1.82, 2.24) is 4.31 Å². The lowest BCUT2D eigenvalue weighted by atomic mass is 9.92. The number of nitrogens with two attached hydrogens (primary N) is 1. The van der Waals surface area contributed by atoms with E-state index in [0.29, 0.717) is 12.1 Å². The number of hydrogen-bond acceptors (Lipinski definition) is 7. The molecule has 218 valence electrons. The molecule has 10 nitrogen and oxygen atoms in total. The number of carbonyl (C=O) groups is 3. The lowest BCUT2D eigenvalue weighted by Crippen LogP contribution is -2.47. The summed E-state index contributed by atoms with van der Waals surface area (Å²) in [5.74, 6) is -10.5. The molecule has 1 saturated heterocycles. The molecular formula is C25H27F4N3O7S. The minimum Gasteiger partial charge on any atom is -0.478 e. The zero-order valence-electron chi connectivity index (χ0n) is 21.4. The van der Waals surface area contributed by atoms with Gasteiger partial charge in [-0.25, -0.2) is 30.8 Å². The van der Waals surface area contributed by atoms with Gasteiger partial charge in [0.1, 0.15) is 16.8 Å². The second-order valence-electron chi connectivity index (χ2n) is 9.56. The van der Waals surface area contributed by atoms with Crippen molar-refractivity contribution in [2.24, 2.45) is 17.6 Å². The standard InChI is InChI=1S/C25H27F4N3O7S/c1-12(2)21(30)25(36)39-22(24(34)35)13-5-7-32(8-6-13)40(37,38)19-9-14(3-4-16(19)26)23(33)31-15-10-17(27)20(29)18(28)11-15/h3-4,9-13,21-22H,5-8,30H2,1-2H3,(H,31,33)(H,34,35). The summed E-state index contributed by atoms with van der Waals surface area (Å²) in [6, 6.07) is 2.38. The van der Waals surface area contributed by atoms with Crippen LogP contribution in [0.3, 0.4) is 0 Å². The highest BCUT2D eigenvalue weighted by atomic mass is 32.2. The van der Waals surface area contributed by atoms with Gasteiger partial charge in [0.15, 0.2) is 17.5 Å². The molecule has 2 unspecified atom stereocenters. The summed E-state index contributed by atoms with van der Waals surface area (Å²) in [5, 5.41) is 11.7. The fraction of sp³-hybridized carbons (Fsp3) is 0.400. The number of nitrogens with zero attached hydrogens (tertiary/aromatic N) is 1. The first-order valence-electron chi connectivity index (χ1n) is 12.1. The average Bonchev–Trinajstić information content (AvgIpc) is 2.89. The Morgan fingerprint density at radius 2 is 1.60 bits per heavy atom. The fourth-order valence-electron chi connectivity index (χ4n) is 4.06. The molecule has 0 aliphatic carbocycles. The molecule has 0 radical (unpaired) electrons. The first-order chi connectivity index (χ1) is 18.6. The van der Waals surface area contributed by atoms with Gasteiger partial charge in [-0.15, -0.1) is 0 Å². The molecule has 1 heterocycles. The van der Waals surface area contributed by atoms with Crippen LogP contribution in [-0.2, 0) is 24.3 Å². The molecule has 0 bridgehead atoms. The normalized spacial score (nSPS) is 16.4. The van der Waals surface area contributed by atoms with Crippen LogP contribution in [0.5, 0.6) is 0 Å². The van der Waals surface area contributed by atoms with Crippen LogP contribution in [0.2, 0.25) is 0 Å². The van der Waals surface area contributed by atoms with Crippen LogP contribution >= 0.6 is 0 Å². The third kappa shape index (κ3) is 6.77. The number of piperidine rings is 1. The number of aliphatic carboxylic acids is 1. The molecule has 0 saturated carbocycles. The number of hydrogen-bond donors (Lipinski definition) is 3. The van der Waals surface area contributed by atoms with Gasteiger partial charge in [0, 0.05) is 42.4 Å². The number of ether oxygens (including phenoxy) is 1. The molecule has 2 aromatic carbocycles. The Kier molecular flexibility index (Phi) is 9.53. The quantitative estimate of drug-likeness (QED) is 0.229. The van der Waals surface area contributed by atoms with Crippen LogP contribution in [-0.4, -0.2) is 60.9 Å². The highest BCUT2D eigenvalue weighted by Crippen LogP contribution is 2.29. The maximum absolute atomic E-state index is 14.6. The van der Waals surface area contributed by atoms with E-state index in [-0.39, 0.29) is 37.4 Å². The maximum atomic E-state index is 14.6. The third-order valence-corrected chi connectivity index (χ3v) is 8.37. The average molecular weight is 590 g/mol. The van der Waals surface area contributed by atoms with Gasteiger partial charge < -0.3 is 20.9 Å². The Morgan fingerprint density at radius 3 is 2.12 bits per heavy atom. The van der Waals surface area contributed by atoms with Crippen molar-refractivity contribution in [1.29, 1.82) is 0 Å². The summed E-state index contributed by atoms with van der Waals surface area (Å²) in [6.07, 6.45) is -1.64. The van der Waals surface area contributed by atoms with Gasteiger partial charge >= 0.3 is 11.9 Å². The van der Waals surface area contributed by atoms with Gasteiger partial charge in [0.2, 0.25) is 16.1 Å². The Bertz CT molecular complexity index is 1390. The molecule has 1 aliphatic rings. The lowest BCUT2D eigenvalue weighted by Gasteiger charge is -2.34. The Labute approximate surface area is 227 Å². The molecule has 4 N–H and O–H groups in total. The Balaban J connectivity index is 1.75. The van der Waals surface area contributed by atoms with Crippen LogP contribution in [0.25, 0.3) is 0 Å². The van der Waals surface area contributed by atoms with E-state index in [4.69, 9.17) is 10.5 Å². The predicted molar refractivity (Wildman–Crippen MR) is 132 cm³/mol. The van der Waals surface area contributed by atoms with Gasteiger partial charge in [-0.1, -0.05) is 13.8 Å². The molecular weight excluding hydrogens is 562 g/mol. The van der Waals surface area contributed by atoms with Crippen LogP contribution in [0.1, 0.15) is 37.0 Å². The molecule has 1 amide bonds. The number of amides is 1. The van der Waals surface area contributed by atoms with Gasteiger partial charge in [0.05, 0.1) is 0 Å². The number of anilines is 1. The highest BCUT2D eigenvalue weighted by molar-refractivity contribution is 7.89. The van der Waals surface area contributed by atoms with E-state index in [2.05, 4.69) is 5.32 Å². The van der Waals surface area contributed by atoms with Gasteiger partial charge in [-0.3, -0.25) is 9.59 Å². The molecule has 15 heteroatoms. The SMILES string of the molecule is CC(C)C(N)C(=O)OC(C(=O)O)C1CCN(S(=O)(=O)c2cc(C(=O)Nc3cc(F)c(F)c(F)c3)ccc2F)CC1. The van der Waals surface area contributed by atoms with Crippen LogP contribution in [0.4, 0.5) is 23.2 Å². The number of halogens is 4. The third-order valence-electron chi connectivity index (χ3n) is 6.46. The van der Waals surface area contributed by atoms with E-state index >= 15 is 0 Å². The molecule has 0 spiro atoms. The first-order valence-corrected chi connectivity index (χ1v) is 13.5. The van der Waals surface area contributed by atoms with Crippen molar-refractivity contribution in [3.05, 3.63) is 59.2 Å². The summed E-state index contributed by atoms with van der Waals surface area (Å²) < 4.78 is 87.2. The molecule has 2 aromatic rings. The number of carboxylic acids is 1. The monoisotopic (exact) mass is 589 g/mol. The van der Waals surface area contributed by atoms with Crippen molar-refractivity contribution >= 4 is 33.6 Å². The minimum absolute atomic E-state index is 0.0378. The molecule has 2 atom stereocenters. The predicted octanol–water partition coefficient (Wildman–Crippen LogP) is 2.88. The number of rotatable bonds is 9.